The van der Waals surface area contributed by atoms with Crippen LogP contribution in [0.3, 0.4) is 0 Å². The number of anilines is 2. The number of aliphatic hydroxyl groups is 1. The highest BCUT2D eigenvalue weighted by atomic mass is 32.2. The van der Waals surface area contributed by atoms with Crippen LogP contribution in [0.4, 0.5) is 11.4 Å². The Bertz CT molecular complexity index is 1430. The van der Waals surface area contributed by atoms with E-state index < -0.39 is 28.7 Å². The molecule has 0 aromatic heterocycles. The van der Waals surface area contributed by atoms with Crippen LogP contribution in [0.1, 0.15) is 38.3 Å². The summed E-state index contributed by atoms with van der Waals surface area (Å²) >= 11 is 0. The Morgan fingerprint density at radius 2 is 1.88 bits per heavy atom. The van der Waals surface area contributed by atoms with Crippen LogP contribution in [0.15, 0.2) is 52.8 Å². The van der Waals surface area contributed by atoms with Crippen molar-refractivity contribution in [1.29, 1.82) is 0 Å². The maximum Gasteiger partial charge on any atom is 0.346 e. The molecule has 0 bridgehead atoms. The molecule has 0 spiro atoms. The van der Waals surface area contributed by atoms with Crippen molar-refractivity contribution in [2.24, 2.45) is 10.7 Å². The third kappa shape index (κ3) is 4.17. The summed E-state index contributed by atoms with van der Waals surface area (Å²) in [7, 11) is -8.00. The number of amidine groups is 1. The normalized spacial score (nSPS) is 24.3. The molecule has 11 heteroatoms. The summed E-state index contributed by atoms with van der Waals surface area (Å²) in [4.78, 5) is 24.5. The van der Waals surface area contributed by atoms with Gasteiger partial charge in [0.15, 0.2) is 5.78 Å². The van der Waals surface area contributed by atoms with Crippen LogP contribution in [-0.4, -0.2) is 36.3 Å². The number of carbonyl (C=O) groups is 1. The molecule has 1 aliphatic heterocycles. The Hall–Kier alpha value is -2.94. The minimum Gasteiger partial charge on any atom is -0.506 e. The van der Waals surface area contributed by atoms with Crippen molar-refractivity contribution < 1.29 is 27.8 Å². The quantitative estimate of drug-likeness (QED) is 0.457. The molecular formula is C23H26N3O6PS. The lowest BCUT2D eigenvalue weighted by Crippen LogP contribution is -2.43. The van der Waals surface area contributed by atoms with Gasteiger partial charge < -0.3 is 15.3 Å². The van der Waals surface area contributed by atoms with Gasteiger partial charge >= 0.3 is 7.52 Å². The number of hydrogen-bond donors (Lipinski definition) is 4. The molecule has 4 rings (SSSR count). The van der Waals surface area contributed by atoms with Crippen LogP contribution in [0, 0.1) is 5.92 Å². The standard InChI is InChI=1S/C23H26N3O6PS/c1-13(2)12-23(3)16-8-6-5-7-15(16)20(27)19(21(23)28)22-24-17-10-9-14(26-34(4,31)32)11-18(17)33(29,30)25-22/h5-11,13,26-27H,12H2,1-4H3,(H2,24,25,29,30). The van der Waals surface area contributed by atoms with Gasteiger partial charge in [-0.2, -0.15) is 4.76 Å². The summed E-state index contributed by atoms with van der Waals surface area (Å²) in [6, 6.07) is 11.1. The number of aliphatic hydroxyl groups excluding tert-OH is 1. The number of Topliss-reactive ketones (excluding diaryl/α,β-unsaturated/α-hetero) is 1. The van der Waals surface area contributed by atoms with Gasteiger partial charge in [0, 0.05) is 11.3 Å². The molecule has 0 radical (unpaired) electrons. The Balaban J connectivity index is 1.86. The van der Waals surface area contributed by atoms with Crippen molar-refractivity contribution in [3.63, 3.8) is 0 Å². The lowest BCUT2D eigenvalue weighted by molar-refractivity contribution is -0.120. The van der Waals surface area contributed by atoms with Crippen LogP contribution >= 0.6 is 7.52 Å². The number of nitrogens with zero attached hydrogens (tertiary/aromatic N) is 1. The number of carbonyl (C=O) groups excluding carboxylic acids is 1. The van der Waals surface area contributed by atoms with Gasteiger partial charge in [0.25, 0.3) is 0 Å². The smallest absolute Gasteiger partial charge is 0.346 e. The van der Waals surface area contributed by atoms with E-state index in [9.17, 15) is 27.8 Å². The number of fused-ring (bicyclic) bond motifs is 2. The third-order valence-electron chi connectivity index (χ3n) is 5.90. The van der Waals surface area contributed by atoms with Crippen LogP contribution in [0.25, 0.3) is 5.76 Å². The van der Waals surface area contributed by atoms with Crippen molar-refractivity contribution in [3.05, 3.63) is 59.2 Å². The van der Waals surface area contributed by atoms with Gasteiger partial charge in [-0.1, -0.05) is 38.1 Å². The monoisotopic (exact) mass is 503 g/mol. The Morgan fingerprint density at radius 3 is 2.53 bits per heavy atom. The fourth-order valence-corrected chi connectivity index (χ4v) is 6.50. The van der Waals surface area contributed by atoms with Crippen LogP contribution < -0.4 is 15.3 Å². The van der Waals surface area contributed by atoms with E-state index in [1.807, 2.05) is 13.8 Å². The summed E-state index contributed by atoms with van der Waals surface area (Å²) in [5.74, 6) is -0.751. The summed E-state index contributed by atoms with van der Waals surface area (Å²) in [6.07, 6.45) is 1.47. The molecule has 2 aromatic carbocycles. The first kappa shape index (κ1) is 24.2. The second kappa shape index (κ2) is 8.08. The average molecular weight is 504 g/mol. The van der Waals surface area contributed by atoms with Gasteiger partial charge in [-0.05, 0) is 43.0 Å². The summed E-state index contributed by atoms with van der Waals surface area (Å²) in [6.45, 7) is 5.80. The zero-order valence-electron chi connectivity index (χ0n) is 19.2. The number of hydrogen-bond acceptors (Lipinski definition) is 6. The fourth-order valence-electron chi connectivity index (χ4n) is 4.66. The first-order valence-electron chi connectivity index (χ1n) is 10.6. The van der Waals surface area contributed by atoms with Crippen molar-refractivity contribution in [3.8, 4) is 0 Å². The average Bonchev–Trinajstić information content (AvgIpc) is 2.71. The Labute approximate surface area is 198 Å². The van der Waals surface area contributed by atoms with Crippen molar-refractivity contribution in [2.75, 3.05) is 16.3 Å². The van der Waals surface area contributed by atoms with E-state index in [1.165, 1.54) is 18.2 Å². The maximum absolute atomic E-state index is 13.8. The summed E-state index contributed by atoms with van der Waals surface area (Å²) in [5, 5.41) is 13.9. The predicted octanol–water partition coefficient (Wildman–Crippen LogP) is 3.55. The SMILES string of the molecule is CC(C)CC1(C)C(=O)C(C2=NP(=O)(O)c3cc(NS(C)(=O)=O)ccc3N2)=C(O)c2ccccc21. The van der Waals surface area contributed by atoms with E-state index in [4.69, 9.17) is 0 Å². The molecule has 0 amide bonds. The van der Waals surface area contributed by atoms with E-state index in [2.05, 4.69) is 14.8 Å². The van der Waals surface area contributed by atoms with Gasteiger partial charge in [-0.15, -0.1) is 0 Å². The van der Waals surface area contributed by atoms with Gasteiger partial charge in [-0.25, -0.2) is 8.42 Å². The van der Waals surface area contributed by atoms with Crippen LogP contribution in [0.2, 0.25) is 0 Å². The molecule has 0 saturated heterocycles. The predicted molar refractivity (Wildman–Crippen MR) is 133 cm³/mol. The zero-order valence-corrected chi connectivity index (χ0v) is 20.9. The molecule has 0 fully saturated rings. The largest absolute Gasteiger partial charge is 0.506 e. The van der Waals surface area contributed by atoms with E-state index >= 15 is 0 Å². The third-order valence-corrected chi connectivity index (χ3v) is 7.97. The number of sulfonamides is 1. The molecule has 34 heavy (non-hydrogen) atoms. The van der Waals surface area contributed by atoms with Crippen LogP contribution in [0.5, 0.6) is 0 Å². The molecule has 2 atom stereocenters. The first-order valence-corrected chi connectivity index (χ1v) is 14.1. The first-order chi connectivity index (χ1) is 15.7. The molecule has 1 aliphatic carbocycles. The van der Waals surface area contributed by atoms with Crippen LogP contribution in [-0.2, 0) is 24.8 Å². The summed E-state index contributed by atoms with van der Waals surface area (Å²) < 4.78 is 42.4. The minimum absolute atomic E-state index is 0.102. The van der Waals surface area contributed by atoms with Gasteiger partial charge in [-0.3, -0.25) is 14.1 Å². The highest BCUT2D eigenvalue weighted by Gasteiger charge is 2.47. The van der Waals surface area contributed by atoms with Gasteiger partial charge in [0.2, 0.25) is 10.0 Å². The number of nitrogens with one attached hydrogen (secondary N) is 2. The van der Waals surface area contributed by atoms with Gasteiger partial charge in [0.1, 0.15) is 17.2 Å². The Kier molecular flexibility index (Phi) is 5.75. The number of rotatable bonds is 5. The highest BCUT2D eigenvalue weighted by molar-refractivity contribution is 7.92. The van der Waals surface area contributed by atoms with Crippen molar-refractivity contribution in [2.45, 2.75) is 32.6 Å². The second-order valence-electron chi connectivity index (χ2n) is 9.25. The molecule has 1 heterocycles. The molecule has 180 valence electrons. The molecular weight excluding hydrogens is 477 g/mol. The lowest BCUT2D eigenvalue weighted by atomic mass is 9.66. The van der Waals surface area contributed by atoms with E-state index in [0.717, 1.165) is 6.26 Å². The van der Waals surface area contributed by atoms with Crippen molar-refractivity contribution >= 4 is 51.6 Å². The van der Waals surface area contributed by atoms with E-state index in [0.29, 0.717) is 17.5 Å². The molecule has 0 saturated carbocycles. The molecule has 9 nitrogen and oxygen atoms in total. The lowest BCUT2D eigenvalue weighted by Gasteiger charge is -2.37. The number of ketones is 1. The zero-order chi connectivity index (χ0) is 25.1. The maximum atomic E-state index is 13.8. The van der Waals surface area contributed by atoms with E-state index in [1.54, 1.807) is 31.2 Å². The second-order valence-corrected chi connectivity index (χ2v) is 12.8. The fraction of sp³-hybridized carbons (Fsp3) is 0.304. The van der Waals surface area contributed by atoms with Gasteiger partial charge in [0.05, 0.1) is 22.7 Å². The molecule has 4 N–H and O–H groups in total. The van der Waals surface area contributed by atoms with E-state index in [-0.39, 0.29) is 39.8 Å². The molecule has 2 aliphatic rings. The molecule has 2 aromatic rings. The topological polar surface area (TPSA) is 145 Å². The Morgan fingerprint density at radius 1 is 1.21 bits per heavy atom. The highest BCUT2D eigenvalue weighted by Crippen LogP contribution is 2.49. The number of benzene rings is 2. The minimum atomic E-state index is -4.41. The summed E-state index contributed by atoms with van der Waals surface area (Å²) in [5.41, 5.74) is 0.323. The van der Waals surface area contributed by atoms with Crippen molar-refractivity contribution in [1.82, 2.24) is 0 Å². The molecule has 2 unspecified atom stereocenters.